The van der Waals surface area contributed by atoms with E-state index in [1.165, 1.54) is 70.6 Å². The number of unbranched alkanes of at least 4 members (excludes halogenated alkanes) is 16. The van der Waals surface area contributed by atoms with Gasteiger partial charge in [0.15, 0.2) is 6.29 Å². The van der Waals surface area contributed by atoms with Gasteiger partial charge in [-0.3, -0.25) is 4.79 Å². The lowest BCUT2D eigenvalue weighted by molar-refractivity contribution is -0.303. The number of aliphatic hydroxyl groups excluding tert-OH is 7. The van der Waals surface area contributed by atoms with Gasteiger partial charge in [-0.1, -0.05) is 122 Å². The first-order valence-electron chi connectivity index (χ1n) is 19.1. The van der Waals surface area contributed by atoms with E-state index >= 15 is 0 Å². The third-order valence-corrected chi connectivity index (χ3v) is 9.32. The normalized spacial score (nSPS) is 24.1. The first kappa shape index (κ1) is 44.9. The van der Waals surface area contributed by atoms with Crippen LogP contribution >= 0.6 is 0 Å². The van der Waals surface area contributed by atoms with Crippen molar-refractivity contribution in [3.8, 4) is 0 Å². The summed E-state index contributed by atoms with van der Waals surface area (Å²) in [7, 11) is 0. The van der Waals surface area contributed by atoms with Crippen LogP contribution in [0.5, 0.6) is 0 Å². The third-order valence-electron chi connectivity index (χ3n) is 9.32. The summed E-state index contributed by atoms with van der Waals surface area (Å²) in [6, 6.07) is -1.18. The molecule has 1 heterocycles. The molecule has 11 heteroatoms. The van der Waals surface area contributed by atoms with E-state index in [1.54, 1.807) is 0 Å². The third kappa shape index (κ3) is 19.3. The molecular formula is C37H71NO10. The minimum absolute atomic E-state index is 0.256. The number of carbonyl (C=O) groups excluding carboxylic acids is 1. The summed E-state index contributed by atoms with van der Waals surface area (Å²) in [5, 5.41) is 75.0. The van der Waals surface area contributed by atoms with Gasteiger partial charge in [-0.05, 0) is 38.5 Å². The Hall–Kier alpha value is -1.15. The molecule has 0 bridgehead atoms. The second-order valence-corrected chi connectivity index (χ2v) is 13.6. The molecule has 284 valence electrons. The molecule has 1 saturated heterocycles. The van der Waals surface area contributed by atoms with E-state index in [2.05, 4.69) is 31.3 Å². The predicted molar refractivity (Wildman–Crippen MR) is 187 cm³/mol. The molecule has 0 spiro atoms. The first-order valence-corrected chi connectivity index (χ1v) is 19.1. The van der Waals surface area contributed by atoms with E-state index in [-0.39, 0.29) is 12.8 Å². The highest BCUT2D eigenvalue weighted by molar-refractivity contribution is 5.80. The summed E-state index contributed by atoms with van der Waals surface area (Å²) in [5.74, 6) is -0.712. The Balaban J connectivity index is 2.61. The number of allylic oxidation sites excluding steroid dienone is 2. The van der Waals surface area contributed by atoms with Crippen LogP contribution in [0.4, 0.5) is 0 Å². The van der Waals surface area contributed by atoms with Crippen molar-refractivity contribution in [2.45, 2.75) is 204 Å². The van der Waals surface area contributed by atoms with Crippen molar-refractivity contribution in [3.63, 3.8) is 0 Å². The molecule has 8 N–H and O–H groups in total. The van der Waals surface area contributed by atoms with E-state index in [9.17, 15) is 40.5 Å². The second kappa shape index (κ2) is 28.5. The maximum Gasteiger partial charge on any atom is 0.249 e. The van der Waals surface area contributed by atoms with Crippen molar-refractivity contribution < 1.29 is 50.0 Å². The number of amides is 1. The first-order chi connectivity index (χ1) is 23.2. The van der Waals surface area contributed by atoms with Crippen LogP contribution in [0.3, 0.4) is 0 Å². The Bertz CT molecular complexity index is 800. The predicted octanol–water partition coefficient (Wildman–Crippen LogP) is 4.16. The summed E-state index contributed by atoms with van der Waals surface area (Å²) >= 11 is 0. The van der Waals surface area contributed by atoms with Crippen LogP contribution in [-0.4, -0.2) is 110 Å². The van der Waals surface area contributed by atoms with Crippen LogP contribution in [0.2, 0.25) is 0 Å². The standard InChI is InChI=1S/C37H71NO10/c1-3-5-7-9-11-13-14-15-17-18-20-22-24-29(40)32(42)28(27-47-37-35(45)34(44)33(43)31(26-39)48-37)38-36(46)30(41)25-23-21-19-16-12-10-8-6-4-2/h17-18,28-35,37,39-45H,3-16,19-27H2,1-2H3,(H,38,46)/b18-17+. The van der Waals surface area contributed by atoms with Gasteiger partial charge in [-0.15, -0.1) is 0 Å². The largest absolute Gasteiger partial charge is 0.394 e. The maximum absolute atomic E-state index is 12.9. The number of hydrogen-bond acceptors (Lipinski definition) is 10. The smallest absolute Gasteiger partial charge is 0.249 e. The molecule has 48 heavy (non-hydrogen) atoms. The van der Waals surface area contributed by atoms with E-state index in [4.69, 9.17) is 9.47 Å². The van der Waals surface area contributed by atoms with Crippen molar-refractivity contribution in [1.82, 2.24) is 5.32 Å². The fourth-order valence-electron chi connectivity index (χ4n) is 6.03. The molecular weight excluding hydrogens is 618 g/mol. The van der Waals surface area contributed by atoms with Crippen LogP contribution in [0, 0.1) is 0 Å². The molecule has 9 unspecified atom stereocenters. The molecule has 0 aliphatic carbocycles. The average molecular weight is 690 g/mol. The maximum atomic E-state index is 12.9. The Kier molecular flexibility index (Phi) is 26.7. The molecule has 1 rings (SSSR count). The van der Waals surface area contributed by atoms with Crippen LogP contribution in [0.1, 0.15) is 149 Å². The SMILES string of the molecule is CCCCCCCCC/C=C/CCCC(O)C(O)C(COC1OC(CO)C(O)C(O)C1O)NC(=O)C(O)CCCCCCCCCCC. The van der Waals surface area contributed by atoms with Crippen molar-refractivity contribution in [3.05, 3.63) is 12.2 Å². The second-order valence-electron chi connectivity index (χ2n) is 13.6. The molecule has 1 aliphatic heterocycles. The van der Waals surface area contributed by atoms with Crippen LogP contribution in [0.15, 0.2) is 12.2 Å². The summed E-state index contributed by atoms with van der Waals surface area (Å²) < 4.78 is 11.0. The van der Waals surface area contributed by atoms with Gasteiger partial charge in [0, 0.05) is 0 Å². The molecule has 11 nitrogen and oxygen atoms in total. The topological polar surface area (TPSA) is 189 Å². The molecule has 9 atom stereocenters. The number of ether oxygens (including phenoxy) is 2. The summed E-state index contributed by atoms with van der Waals surface area (Å²) in [4.78, 5) is 12.9. The van der Waals surface area contributed by atoms with Gasteiger partial charge in [0.25, 0.3) is 0 Å². The van der Waals surface area contributed by atoms with E-state index < -0.39 is 74.2 Å². The van der Waals surface area contributed by atoms with Crippen LogP contribution in [-0.2, 0) is 14.3 Å². The van der Waals surface area contributed by atoms with Gasteiger partial charge >= 0.3 is 0 Å². The zero-order chi connectivity index (χ0) is 35.6. The number of hydrogen-bond donors (Lipinski definition) is 8. The van der Waals surface area contributed by atoms with E-state index in [0.717, 1.165) is 38.5 Å². The van der Waals surface area contributed by atoms with Crippen molar-refractivity contribution >= 4 is 5.91 Å². The molecule has 1 amide bonds. The summed E-state index contributed by atoms with van der Waals surface area (Å²) in [6.07, 6.45) is 14.3. The number of carbonyl (C=O) groups is 1. The molecule has 0 saturated carbocycles. The zero-order valence-corrected chi connectivity index (χ0v) is 30.0. The molecule has 1 aliphatic rings. The van der Waals surface area contributed by atoms with Crippen LogP contribution < -0.4 is 5.32 Å². The molecule has 0 aromatic heterocycles. The minimum Gasteiger partial charge on any atom is -0.394 e. The Labute approximate surface area is 290 Å². The van der Waals surface area contributed by atoms with E-state index in [1.807, 2.05) is 0 Å². The molecule has 1 fully saturated rings. The van der Waals surface area contributed by atoms with Crippen LogP contribution in [0.25, 0.3) is 0 Å². The summed E-state index contributed by atoms with van der Waals surface area (Å²) in [6.45, 7) is 3.34. The number of nitrogens with one attached hydrogen (secondary N) is 1. The Morgan fingerprint density at radius 1 is 0.708 bits per heavy atom. The molecule has 0 aromatic rings. The Morgan fingerprint density at radius 3 is 1.79 bits per heavy atom. The quantitative estimate of drug-likeness (QED) is 0.0402. The molecule has 0 radical (unpaired) electrons. The minimum atomic E-state index is -1.66. The number of rotatable bonds is 30. The van der Waals surface area contributed by atoms with E-state index in [0.29, 0.717) is 12.8 Å². The van der Waals surface area contributed by atoms with Gasteiger partial charge in [0.05, 0.1) is 25.4 Å². The van der Waals surface area contributed by atoms with Gasteiger partial charge in [0.1, 0.15) is 36.6 Å². The average Bonchev–Trinajstić information content (AvgIpc) is 3.08. The highest BCUT2D eigenvalue weighted by atomic mass is 16.7. The lowest BCUT2D eigenvalue weighted by Crippen LogP contribution is -2.60. The number of aliphatic hydroxyl groups is 7. The highest BCUT2D eigenvalue weighted by Gasteiger charge is 2.44. The van der Waals surface area contributed by atoms with Gasteiger partial charge in [0.2, 0.25) is 5.91 Å². The fourth-order valence-corrected chi connectivity index (χ4v) is 6.03. The van der Waals surface area contributed by atoms with Crippen molar-refractivity contribution in [2.75, 3.05) is 13.2 Å². The fraction of sp³-hybridized carbons (Fsp3) is 0.919. The van der Waals surface area contributed by atoms with Gasteiger partial charge in [-0.2, -0.15) is 0 Å². The summed E-state index contributed by atoms with van der Waals surface area (Å²) in [5.41, 5.74) is 0. The van der Waals surface area contributed by atoms with Gasteiger partial charge < -0.3 is 50.5 Å². The highest BCUT2D eigenvalue weighted by Crippen LogP contribution is 2.23. The lowest BCUT2D eigenvalue weighted by atomic mass is 9.98. The zero-order valence-electron chi connectivity index (χ0n) is 30.0. The Morgan fingerprint density at radius 2 is 1.23 bits per heavy atom. The van der Waals surface area contributed by atoms with Gasteiger partial charge in [-0.25, -0.2) is 0 Å². The lowest BCUT2D eigenvalue weighted by Gasteiger charge is -2.40. The van der Waals surface area contributed by atoms with Crippen molar-refractivity contribution in [1.29, 1.82) is 0 Å². The molecule has 0 aromatic carbocycles. The van der Waals surface area contributed by atoms with Crippen molar-refractivity contribution in [2.24, 2.45) is 0 Å². The monoisotopic (exact) mass is 690 g/mol.